The second kappa shape index (κ2) is 4.01. The molecule has 4 heteroatoms. The lowest BCUT2D eigenvalue weighted by atomic mass is 10.2. The molecule has 0 radical (unpaired) electrons. The molecule has 0 saturated heterocycles. The molecule has 0 bridgehead atoms. The molecule has 0 unspecified atom stereocenters. The predicted molar refractivity (Wildman–Crippen MR) is 50.4 cm³/mol. The van der Waals surface area contributed by atoms with Gasteiger partial charge in [0, 0.05) is 26.2 Å². The molecule has 1 rings (SSSR count). The highest BCUT2D eigenvalue weighted by atomic mass is 16.2. The van der Waals surface area contributed by atoms with E-state index >= 15 is 0 Å². The van der Waals surface area contributed by atoms with E-state index in [2.05, 4.69) is 0 Å². The maximum absolute atomic E-state index is 10.8. The smallest absolute Gasteiger partial charge is 0.249 e. The Balaban J connectivity index is 0.00000121. The number of hydrogen-bond acceptors (Lipinski definition) is 4. The van der Waals surface area contributed by atoms with Crippen LogP contribution in [0.5, 0.6) is 0 Å². The zero-order valence-corrected chi connectivity index (χ0v) is 6.33. The summed E-state index contributed by atoms with van der Waals surface area (Å²) in [4.78, 5) is 22.9. The number of nitrogens with zero attached hydrogens (tertiary/aromatic N) is 1. The van der Waals surface area contributed by atoms with E-state index in [-0.39, 0.29) is 7.43 Å². The summed E-state index contributed by atoms with van der Waals surface area (Å²) in [5.41, 5.74) is 4.92. The molecule has 0 amide bonds. The Labute approximate surface area is 71.3 Å². The third-order valence-corrected chi connectivity index (χ3v) is 1.60. The van der Waals surface area contributed by atoms with Gasteiger partial charge in [-0.3, -0.25) is 9.59 Å². The summed E-state index contributed by atoms with van der Waals surface area (Å²) in [7, 11) is 1.74. The predicted octanol–water partition coefficient (Wildman–Crippen LogP) is -0.686. The van der Waals surface area contributed by atoms with Gasteiger partial charge in [-0.25, -0.2) is 0 Å². The molecule has 0 aliphatic heterocycles. The highest BCUT2D eigenvalue weighted by Crippen LogP contribution is 2.01. The molecule has 0 fully saturated rings. The molecule has 0 saturated carbocycles. The van der Waals surface area contributed by atoms with Crippen molar-refractivity contribution in [1.82, 2.24) is 0 Å². The van der Waals surface area contributed by atoms with Crippen molar-refractivity contribution in [3.63, 3.8) is 0 Å². The van der Waals surface area contributed by atoms with Crippen LogP contribution in [0.25, 0.3) is 0 Å². The lowest BCUT2D eigenvalue weighted by Crippen LogP contribution is -2.39. The summed E-state index contributed by atoms with van der Waals surface area (Å²) in [6.07, 6.45) is 0. The van der Waals surface area contributed by atoms with E-state index in [1.165, 1.54) is 6.07 Å². The molecule has 1 aromatic rings. The monoisotopic (exact) mass is 170 g/mol. The number of anilines is 1. The molecule has 0 atom stereocenters. The third-order valence-electron chi connectivity index (χ3n) is 1.60. The van der Waals surface area contributed by atoms with E-state index in [0.29, 0.717) is 18.8 Å². The van der Waals surface area contributed by atoms with Gasteiger partial charge in [-0.2, -0.15) is 0 Å². The molecule has 4 nitrogen and oxygen atoms in total. The number of nitrogens with two attached hydrogens (primary N) is 1. The van der Waals surface area contributed by atoms with Crippen molar-refractivity contribution in [2.45, 2.75) is 7.43 Å². The Bertz CT molecular complexity index is 312. The van der Waals surface area contributed by atoms with E-state index in [4.69, 9.17) is 5.73 Å². The van der Waals surface area contributed by atoms with Crippen molar-refractivity contribution in [3.05, 3.63) is 26.5 Å². The average Bonchev–Trinajstić information content (AvgIpc) is 1.99. The fraction of sp³-hybridized carbons (Fsp3) is 0.500. The molecule has 68 valence electrons. The fourth-order valence-electron chi connectivity index (χ4n) is 0.901. The summed E-state index contributed by atoms with van der Waals surface area (Å²) >= 11 is 0. The molecule has 12 heavy (non-hydrogen) atoms. The molecule has 0 aliphatic carbocycles. The molecule has 0 aliphatic rings. The summed E-state index contributed by atoms with van der Waals surface area (Å²) in [5.74, 6) is 0. The van der Waals surface area contributed by atoms with Crippen molar-refractivity contribution in [1.29, 1.82) is 0 Å². The normalized spacial score (nSPS) is 9.50. The molecule has 2 N–H and O–H groups in total. The van der Waals surface area contributed by atoms with Gasteiger partial charge in [0.15, 0.2) is 0 Å². The van der Waals surface area contributed by atoms with E-state index in [1.54, 1.807) is 11.9 Å². The molecular formula is C8H14N2O2. The van der Waals surface area contributed by atoms with E-state index in [0.717, 1.165) is 0 Å². The molecule has 0 heterocycles. The first-order chi connectivity index (χ1) is 5.16. The Morgan fingerprint density at radius 1 is 1.50 bits per heavy atom. The second-order valence-electron chi connectivity index (χ2n) is 2.43. The van der Waals surface area contributed by atoms with Gasteiger partial charge in [0.1, 0.15) is 0 Å². The molecular weight excluding hydrogens is 156 g/mol. The number of likely N-dealkylation sites (N-methyl/N-ethyl adjacent to an activating group) is 1. The minimum absolute atomic E-state index is 0. The highest BCUT2D eigenvalue weighted by molar-refractivity contribution is 5.49. The van der Waals surface area contributed by atoms with Crippen LogP contribution in [0.3, 0.4) is 0 Å². The minimum Gasteiger partial charge on any atom is -0.370 e. The Kier molecular flexibility index (Phi) is 3.63. The first-order valence-corrected chi connectivity index (χ1v) is 3.38. The van der Waals surface area contributed by atoms with Crippen LogP contribution in [-0.4, -0.2) is 20.1 Å². The summed E-state index contributed by atoms with van der Waals surface area (Å²) in [6.45, 7) is 1.08. The highest BCUT2D eigenvalue weighted by Gasteiger charge is 2.12. The largest absolute Gasteiger partial charge is 0.370 e. The lowest BCUT2D eigenvalue weighted by Gasteiger charge is -2.17. The van der Waals surface area contributed by atoms with Crippen molar-refractivity contribution >= 4 is 5.69 Å². The summed E-state index contributed by atoms with van der Waals surface area (Å²) < 4.78 is 0. The van der Waals surface area contributed by atoms with Gasteiger partial charge in [-0.15, -0.1) is 0 Å². The maximum Gasteiger partial charge on any atom is 0.249 e. The number of rotatable bonds is 3. The second-order valence-corrected chi connectivity index (χ2v) is 2.43. The molecule has 0 aromatic heterocycles. The van der Waals surface area contributed by atoms with Crippen molar-refractivity contribution < 1.29 is 0 Å². The van der Waals surface area contributed by atoms with Gasteiger partial charge in [0.2, 0.25) is 10.9 Å². The average molecular weight is 170 g/mol. The topological polar surface area (TPSA) is 63.4 Å². The van der Waals surface area contributed by atoms with Crippen LogP contribution < -0.4 is 21.5 Å². The number of hydrogen-bond donors (Lipinski definition) is 1. The Morgan fingerprint density at radius 2 is 2.08 bits per heavy atom. The van der Waals surface area contributed by atoms with Gasteiger partial charge in [0.25, 0.3) is 0 Å². The zero-order valence-electron chi connectivity index (χ0n) is 6.33. The quantitative estimate of drug-likeness (QED) is 0.610. The van der Waals surface area contributed by atoms with Gasteiger partial charge in [0.05, 0.1) is 5.69 Å². The fourth-order valence-corrected chi connectivity index (χ4v) is 0.901. The van der Waals surface area contributed by atoms with E-state index in [9.17, 15) is 9.59 Å². The van der Waals surface area contributed by atoms with Crippen LogP contribution >= 0.6 is 0 Å². The molecule has 0 spiro atoms. The first-order valence-electron chi connectivity index (χ1n) is 3.38. The zero-order chi connectivity index (χ0) is 8.43. The van der Waals surface area contributed by atoms with Gasteiger partial charge in [-0.1, -0.05) is 7.43 Å². The first kappa shape index (κ1) is 10.8. The molecule has 1 aromatic carbocycles. The van der Waals surface area contributed by atoms with Crippen molar-refractivity contribution in [2.75, 3.05) is 25.0 Å². The SMILES string of the molecule is C.CN(CCN)c1cc(=O)c1=O. The third kappa shape index (κ3) is 1.71. The van der Waals surface area contributed by atoms with Crippen molar-refractivity contribution in [2.24, 2.45) is 5.73 Å². The van der Waals surface area contributed by atoms with Crippen LogP contribution in [-0.2, 0) is 0 Å². The maximum atomic E-state index is 10.8. The Morgan fingerprint density at radius 3 is 2.42 bits per heavy atom. The lowest BCUT2D eigenvalue weighted by molar-refractivity contribution is 0.876. The van der Waals surface area contributed by atoms with Crippen LogP contribution in [0.1, 0.15) is 7.43 Å². The van der Waals surface area contributed by atoms with Crippen LogP contribution in [0, 0.1) is 0 Å². The van der Waals surface area contributed by atoms with E-state index < -0.39 is 10.9 Å². The summed E-state index contributed by atoms with van der Waals surface area (Å²) in [5, 5.41) is 0. The minimum atomic E-state index is -0.413. The summed E-state index contributed by atoms with van der Waals surface area (Å²) in [6, 6.07) is 1.33. The van der Waals surface area contributed by atoms with Crippen molar-refractivity contribution in [3.8, 4) is 0 Å². The van der Waals surface area contributed by atoms with Gasteiger partial charge < -0.3 is 10.6 Å². The van der Waals surface area contributed by atoms with Crippen LogP contribution in [0.15, 0.2) is 15.7 Å². The van der Waals surface area contributed by atoms with Gasteiger partial charge in [-0.05, 0) is 0 Å². The van der Waals surface area contributed by atoms with Gasteiger partial charge >= 0.3 is 0 Å². The van der Waals surface area contributed by atoms with E-state index in [1.807, 2.05) is 0 Å². The van der Waals surface area contributed by atoms with Crippen LogP contribution in [0.4, 0.5) is 5.69 Å². The van der Waals surface area contributed by atoms with Crippen LogP contribution in [0.2, 0.25) is 0 Å². The standard InChI is InChI=1S/C7H10N2O2.CH4/c1-9(3-2-8)5-4-6(10)7(5)11;/h4H,2-3,8H2,1H3;1H4. The Hall–Kier alpha value is -1.16.